The van der Waals surface area contributed by atoms with Crippen LogP contribution in [0.1, 0.15) is 11.1 Å². The van der Waals surface area contributed by atoms with Crippen molar-refractivity contribution in [2.75, 3.05) is 0 Å². The predicted molar refractivity (Wildman–Crippen MR) is 39.3 cm³/mol. The van der Waals surface area contributed by atoms with Gasteiger partial charge in [-0.2, -0.15) is 8.78 Å². The van der Waals surface area contributed by atoms with Crippen molar-refractivity contribution < 1.29 is 35.1 Å². The number of hydrogen-bond donors (Lipinski definition) is 0. The van der Waals surface area contributed by atoms with Crippen molar-refractivity contribution in [3.63, 3.8) is 0 Å². The Labute approximate surface area is 88.2 Å². The first kappa shape index (κ1) is 11.9. The summed E-state index contributed by atoms with van der Waals surface area (Å²) in [5, 5.41) is 0. The molecule has 17 heavy (non-hydrogen) atoms. The molecule has 0 nitrogen and oxygen atoms in total. The zero-order valence-electron chi connectivity index (χ0n) is 7.52. The molecule has 0 amide bonds. The van der Waals surface area contributed by atoms with Crippen molar-refractivity contribution in [2.24, 2.45) is 0 Å². The Hall–Kier alpha value is -1.60. The Morgan fingerprint density at radius 1 is 0.647 bits per heavy atom. The largest absolute Gasteiger partial charge is 0.330 e. The van der Waals surface area contributed by atoms with Gasteiger partial charge in [0.25, 0.3) is 0 Å². The van der Waals surface area contributed by atoms with Gasteiger partial charge in [-0.15, -0.1) is 0 Å². The standard InChI is InChI=1S/C9F8/c10-3-1-2(5(12)7(14)6(3)13)9(16,17)8(15)4(1)11. The van der Waals surface area contributed by atoms with Crippen LogP contribution in [0.15, 0.2) is 5.83 Å². The Morgan fingerprint density at radius 2 is 1.12 bits per heavy atom. The summed E-state index contributed by atoms with van der Waals surface area (Å²) in [5.41, 5.74) is -4.10. The van der Waals surface area contributed by atoms with Gasteiger partial charge in [-0.1, -0.05) is 0 Å². The van der Waals surface area contributed by atoms with Crippen LogP contribution in [-0.4, -0.2) is 0 Å². The van der Waals surface area contributed by atoms with Crippen LogP contribution in [0.25, 0.3) is 5.83 Å². The number of rotatable bonds is 0. The minimum Gasteiger partial charge on any atom is -0.203 e. The average Bonchev–Trinajstić information content (AvgIpc) is 2.44. The van der Waals surface area contributed by atoms with E-state index in [-0.39, 0.29) is 0 Å². The summed E-state index contributed by atoms with van der Waals surface area (Å²) in [4.78, 5) is 0. The van der Waals surface area contributed by atoms with Gasteiger partial charge in [0.2, 0.25) is 5.83 Å². The normalized spacial score (nSPS) is 17.6. The van der Waals surface area contributed by atoms with Crippen LogP contribution in [0, 0.1) is 23.3 Å². The molecule has 0 unspecified atom stereocenters. The molecule has 0 aliphatic heterocycles. The van der Waals surface area contributed by atoms with Crippen LogP contribution in [-0.2, 0) is 5.92 Å². The molecule has 0 saturated heterocycles. The van der Waals surface area contributed by atoms with Gasteiger partial charge in [0.1, 0.15) is 0 Å². The molecule has 0 N–H and O–H groups in total. The quantitative estimate of drug-likeness (QED) is 0.376. The molecule has 0 fully saturated rings. The summed E-state index contributed by atoms with van der Waals surface area (Å²) >= 11 is 0. The fourth-order valence-corrected chi connectivity index (χ4v) is 1.49. The van der Waals surface area contributed by atoms with E-state index in [0.717, 1.165) is 0 Å². The molecule has 0 bridgehead atoms. The SMILES string of the molecule is FC1=C(F)C(F)(F)c2c(F)c(F)c(F)c(F)c21. The molecular formula is C9F8. The molecule has 0 atom stereocenters. The second-order valence-electron chi connectivity index (χ2n) is 3.21. The van der Waals surface area contributed by atoms with E-state index in [2.05, 4.69) is 0 Å². The minimum absolute atomic E-state index is 1.93. The number of benzene rings is 1. The highest BCUT2D eigenvalue weighted by Gasteiger charge is 2.53. The van der Waals surface area contributed by atoms with E-state index in [4.69, 9.17) is 0 Å². The molecule has 0 spiro atoms. The predicted octanol–water partition coefficient (Wildman–Crippen LogP) is 3.96. The third kappa shape index (κ3) is 1.23. The molecular weight excluding hydrogens is 260 g/mol. The monoisotopic (exact) mass is 260 g/mol. The summed E-state index contributed by atoms with van der Waals surface area (Å²) in [6.07, 6.45) is 0. The van der Waals surface area contributed by atoms with Crippen molar-refractivity contribution in [3.05, 3.63) is 40.2 Å². The maximum Gasteiger partial charge on any atom is 0.330 e. The Morgan fingerprint density at radius 3 is 1.65 bits per heavy atom. The molecule has 1 aromatic rings. The highest BCUT2D eigenvalue weighted by atomic mass is 19.3. The maximum absolute atomic E-state index is 13.0. The number of allylic oxidation sites excluding steroid dienone is 1. The molecule has 1 aromatic carbocycles. The van der Waals surface area contributed by atoms with Gasteiger partial charge >= 0.3 is 5.92 Å². The van der Waals surface area contributed by atoms with Gasteiger partial charge in [-0.3, -0.25) is 0 Å². The summed E-state index contributed by atoms with van der Waals surface area (Å²) in [6, 6.07) is 0. The summed E-state index contributed by atoms with van der Waals surface area (Å²) in [7, 11) is 0. The van der Waals surface area contributed by atoms with E-state index in [1.165, 1.54) is 0 Å². The summed E-state index contributed by atoms with van der Waals surface area (Å²) < 4.78 is 103. The molecule has 2 rings (SSSR count). The second-order valence-corrected chi connectivity index (χ2v) is 3.21. The zero-order valence-corrected chi connectivity index (χ0v) is 7.52. The van der Waals surface area contributed by atoms with Crippen LogP contribution >= 0.6 is 0 Å². The molecule has 0 radical (unpaired) electrons. The number of halogens is 8. The van der Waals surface area contributed by atoms with Crippen molar-refractivity contribution in [2.45, 2.75) is 5.92 Å². The lowest BCUT2D eigenvalue weighted by Gasteiger charge is -2.12. The third-order valence-electron chi connectivity index (χ3n) is 2.27. The van der Waals surface area contributed by atoms with Gasteiger partial charge in [0.05, 0.1) is 11.1 Å². The first-order chi connectivity index (χ1) is 7.71. The van der Waals surface area contributed by atoms with E-state index in [1.807, 2.05) is 0 Å². The minimum atomic E-state index is -4.86. The number of alkyl halides is 2. The zero-order chi connectivity index (χ0) is 13.1. The van der Waals surface area contributed by atoms with Gasteiger partial charge in [0.15, 0.2) is 29.1 Å². The molecule has 0 saturated carbocycles. The molecule has 0 aromatic heterocycles. The van der Waals surface area contributed by atoms with Gasteiger partial charge in [-0.25, -0.2) is 26.3 Å². The topological polar surface area (TPSA) is 0 Å². The molecule has 0 heterocycles. The first-order valence-electron chi connectivity index (χ1n) is 4.01. The van der Waals surface area contributed by atoms with Crippen molar-refractivity contribution in [3.8, 4) is 0 Å². The Bertz CT molecular complexity index is 557. The van der Waals surface area contributed by atoms with Crippen LogP contribution < -0.4 is 0 Å². The number of fused-ring (bicyclic) bond motifs is 1. The van der Waals surface area contributed by atoms with Gasteiger partial charge in [0, 0.05) is 0 Å². The van der Waals surface area contributed by atoms with E-state index in [1.54, 1.807) is 0 Å². The van der Waals surface area contributed by atoms with E-state index in [9.17, 15) is 35.1 Å². The van der Waals surface area contributed by atoms with Crippen molar-refractivity contribution >= 4 is 5.83 Å². The van der Waals surface area contributed by atoms with Crippen LogP contribution in [0.5, 0.6) is 0 Å². The second kappa shape index (κ2) is 3.21. The van der Waals surface area contributed by atoms with Crippen LogP contribution in [0.2, 0.25) is 0 Å². The fraction of sp³-hybridized carbons (Fsp3) is 0.111. The highest BCUT2D eigenvalue weighted by Crippen LogP contribution is 2.52. The van der Waals surface area contributed by atoms with Crippen LogP contribution in [0.3, 0.4) is 0 Å². The first-order valence-corrected chi connectivity index (χ1v) is 4.01. The van der Waals surface area contributed by atoms with E-state index < -0.39 is 52.0 Å². The van der Waals surface area contributed by atoms with Crippen molar-refractivity contribution in [1.82, 2.24) is 0 Å². The summed E-state index contributed by atoms with van der Waals surface area (Å²) in [5.74, 6) is -20.0. The van der Waals surface area contributed by atoms with Crippen molar-refractivity contribution in [1.29, 1.82) is 0 Å². The lowest BCUT2D eigenvalue weighted by Crippen LogP contribution is -2.16. The maximum atomic E-state index is 13.0. The molecule has 1 aliphatic rings. The average molecular weight is 260 g/mol. The lowest BCUT2D eigenvalue weighted by atomic mass is 10.1. The molecule has 8 heteroatoms. The lowest BCUT2D eigenvalue weighted by molar-refractivity contribution is 0.0136. The van der Waals surface area contributed by atoms with Gasteiger partial charge < -0.3 is 0 Å². The fourth-order valence-electron chi connectivity index (χ4n) is 1.49. The molecule has 1 aliphatic carbocycles. The van der Waals surface area contributed by atoms with E-state index >= 15 is 0 Å². The molecule has 92 valence electrons. The third-order valence-corrected chi connectivity index (χ3v) is 2.27. The van der Waals surface area contributed by atoms with Crippen LogP contribution in [0.4, 0.5) is 35.1 Å². The highest BCUT2D eigenvalue weighted by molar-refractivity contribution is 5.73. The summed E-state index contributed by atoms with van der Waals surface area (Å²) in [6.45, 7) is 0. The van der Waals surface area contributed by atoms with Gasteiger partial charge in [-0.05, 0) is 0 Å². The van der Waals surface area contributed by atoms with E-state index in [0.29, 0.717) is 0 Å². The number of hydrogen-bond acceptors (Lipinski definition) is 0. The Kier molecular flexibility index (Phi) is 2.24. The smallest absolute Gasteiger partial charge is 0.203 e. The Balaban J connectivity index is 2.96.